The number of nitrogens with one attached hydrogen (secondary N) is 1. The number of halogens is 7. The van der Waals surface area contributed by atoms with E-state index >= 15 is 0 Å². The third-order valence-electron chi connectivity index (χ3n) is 9.51. The van der Waals surface area contributed by atoms with Gasteiger partial charge in [-0.15, -0.1) is 12.4 Å². The van der Waals surface area contributed by atoms with Crippen LogP contribution in [0.25, 0.3) is 0 Å². The Hall–Kier alpha value is -3.34. The minimum atomic E-state index is -1.08. The third-order valence-corrected chi connectivity index (χ3v) is 12.3. The molecule has 0 radical (unpaired) electrons. The van der Waals surface area contributed by atoms with Gasteiger partial charge in [-0.2, -0.15) is 0 Å². The number of hydrogen-bond donors (Lipinski definition) is 3. The van der Waals surface area contributed by atoms with Crippen molar-refractivity contribution in [1.82, 2.24) is 45.6 Å². The first-order valence-electron chi connectivity index (χ1n) is 23.2. The van der Waals surface area contributed by atoms with Crippen LogP contribution in [0.2, 0.25) is 0 Å². The Bertz CT molecular complexity index is 2660. The van der Waals surface area contributed by atoms with Crippen molar-refractivity contribution >= 4 is 143 Å². The molecule has 0 spiro atoms. The zero-order valence-corrected chi connectivity index (χ0v) is 60.1. The maximum absolute atomic E-state index is 11.8. The molecule has 3 amide bonds. The number of hydrogen-bond acceptors (Lipinski definition) is 19. The Labute approximate surface area is 557 Å². The fourth-order valence-electron chi connectivity index (χ4n) is 5.24. The number of aliphatic carboxylic acids is 1. The maximum atomic E-state index is 11.8. The van der Waals surface area contributed by atoms with Crippen LogP contribution in [0.1, 0.15) is 114 Å². The molecular weight excluding hydrogens is 1500 g/mol. The van der Waals surface area contributed by atoms with Crippen molar-refractivity contribution in [3.05, 3.63) is 140 Å². The van der Waals surface area contributed by atoms with Crippen LogP contribution in [0.3, 0.4) is 0 Å². The molecule has 0 atom stereocenters. The van der Waals surface area contributed by atoms with Crippen molar-refractivity contribution < 1.29 is 97.7 Å². The number of alkyl halides is 1. The number of aromatic nitrogens is 5. The van der Waals surface area contributed by atoms with Crippen LogP contribution < -0.4 is 40.1 Å². The Morgan fingerprint density at radius 2 is 0.902 bits per heavy atom. The first-order chi connectivity index (χ1) is 37.7. The molecule has 6 heterocycles. The van der Waals surface area contributed by atoms with E-state index < -0.39 is 11.9 Å². The van der Waals surface area contributed by atoms with E-state index in [1.807, 2.05) is 38.1 Å². The molecule has 0 bridgehead atoms. The van der Waals surface area contributed by atoms with Crippen molar-refractivity contribution in [2.75, 3.05) is 69.8 Å². The number of aryl methyl sites for hydroxylation is 3. The van der Waals surface area contributed by atoms with E-state index in [1.54, 1.807) is 78.6 Å². The number of hydroxylamine groups is 7. The number of aromatic carboxylic acids is 1. The molecule has 82 heavy (non-hydrogen) atoms. The number of carbonyl (C=O) groups excluding carboxylic acids is 5. The van der Waals surface area contributed by atoms with Crippen LogP contribution in [0.5, 0.6) is 0 Å². The number of aliphatic hydroxyl groups is 1. The molecule has 0 aliphatic carbocycles. The van der Waals surface area contributed by atoms with Crippen molar-refractivity contribution in [2.45, 2.75) is 65.8 Å². The number of ether oxygens (including phenoxy) is 1. The number of amides is 3. The number of aliphatic hydroxyl groups excluding tert-OH is 1. The quantitative estimate of drug-likeness (QED) is 0.0404. The second-order valence-corrected chi connectivity index (χ2v) is 19.8. The van der Waals surface area contributed by atoms with E-state index in [0.29, 0.717) is 62.2 Å². The number of ketones is 1. The summed E-state index contributed by atoms with van der Waals surface area (Å²) in [6, 6.07) is 17.7. The van der Waals surface area contributed by atoms with Gasteiger partial charge in [0.25, 0.3) is 17.7 Å². The van der Waals surface area contributed by atoms with Gasteiger partial charge in [-0.05, 0) is 172 Å². The van der Waals surface area contributed by atoms with Crippen molar-refractivity contribution in [1.29, 1.82) is 0 Å². The second kappa shape index (κ2) is 48.8. The van der Waals surface area contributed by atoms with Crippen LogP contribution in [-0.2, 0) is 47.2 Å². The zero-order chi connectivity index (χ0) is 61.7. The van der Waals surface area contributed by atoms with Crippen molar-refractivity contribution in [2.24, 2.45) is 0 Å². The molecule has 450 valence electrons. The van der Waals surface area contributed by atoms with Gasteiger partial charge in [0.2, 0.25) is 0 Å². The summed E-state index contributed by atoms with van der Waals surface area (Å²) >= 11 is 19.2. The van der Waals surface area contributed by atoms with E-state index in [2.05, 4.69) is 131 Å². The van der Waals surface area contributed by atoms with Crippen LogP contribution in [0.4, 0.5) is 0 Å². The molecule has 1 saturated heterocycles. The smallest absolute Gasteiger partial charge is 0.550 e. The van der Waals surface area contributed by atoms with Crippen LogP contribution >= 0.6 is 108 Å². The second-order valence-electron chi connectivity index (χ2n) is 15.2. The summed E-state index contributed by atoms with van der Waals surface area (Å²) in [6.45, 7) is 9.76. The molecule has 1 aliphatic rings. The first kappa shape index (κ1) is 85.1. The fraction of sp³-hybridized carbons (Fsp3) is 0.392. The van der Waals surface area contributed by atoms with Gasteiger partial charge in [-0.25, -0.2) is 50.4 Å². The predicted octanol–water partition coefficient (Wildman–Crippen LogP) is 6.33. The SMILES string of the molecule is C1CCOC1.CC(=O)[O-].CC(=O)c1nc(Br)ccc1CO.CCc1ccc(Br)nc1C(=O)N(C)OC.CNOC.CON(C)C(=O)c1nc(Br)ccc1C.CON(C)C(=O)c1nc(Br)ccc1CBr.Cc1ccc(Br)nc1C(=O)O.Cl.[Na+]. The van der Waals surface area contributed by atoms with Gasteiger partial charge in [0.15, 0.2) is 11.5 Å². The van der Waals surface area contributed by atoms with Gasteiger partial charge < -0.3 is 29.7 Å². The molecule has 23 nitrogen and oxygen atoms in total. The first-order valence-corrected chi connectivity index (χ1v) is 28.3. The minimum absolute atomic E-state index is 0. The van der Waals surface area contributed by atoms with Gasteiger partial charge in [-0.3, -0.25) is 33.7 Å². The van der Waals surface area contributed by atoms with Crippen LogP contribution in [0.15, 0.2) is 83.7 Å². The average Bonchev–Trinajstić information content (AvgIpc) is 4.04. The molecule has 3 N–H and O–H groups in total. The Kier molecular flexibility index (Phi) is 50.7. The van der Waals surface area contributed by atoms with E-state index in [1.165, 1.54) is 41.1 Å². The average molecular weight is 1570 g/mol. The molecule has 5 aromatic heterocycles. The fourth-order valence-corrected chi connectivity index (χ4v) is 7.24. The topological polar surface area (TPSA) is 298 Å². The Morgan fingerprint density at radius 3 is 1.20 bits per heavy atom. The molecule has 6 rings (SSSR count). The van der Waals surface area contributed by atoms with Gasteiger partial charge in [0.05, 0.1) is 35.0 Å². The largest absolute Gasteiger partial charge is 1.00 e. The van der Waals surface area contributed by atoms with E-state index in [-0.39, 0.29) is 77.8 Å². The van der Waals surface area contributed by atoms with Gasteiger partial charge in [-0.1, -0.05) is 53.2 Å². The molecule has 0 unspecified atom stereocenters. The molecular formula is C51H67Br6ClN9NaO14. The molecule has 0 saturated carbocycles. The Morgan fingerprint density at radius 1 is 0.598 bits per heavy atom. The third kappa shape index (κ3) is 35.2. The standard InChI is InChI=1S/C10H13BrN2O2.C9H10Br2N2O2.C9H11BrN2O2.C8H8BrNO2.C7H6BrNO2.C4H8O.C2H7NO.C2H4O2.ClH.Na/c1-4-7-5-6-8(11)12-9(7)10(14)13(2)15-3;1-13(15-2)9(14)8-6(5-10)3-4-7(11)12-8;1-6-4-5-7(10)11-8(6)9(13)12(2)14-3;1-5(12)8-6(4-11)2-3-7(9)10-8;1-4-2-3-5(8)9-6(4)7(10)11;1-2-4-5-3-1;1-3-4-2;1-2(3)4;;/h5-6H,4H2,1-3H3;3-4H,5H2,1-2H3;4-5H,1-3H3;2-3,11H,4H2,1H3;2-3H,1H3,(H,10,11);1-4H2;3H,1-2H3;1H3,(H,3,4);1H;/q;;;;;;;;;+1/p-1. The summed E-state index contributed by atoms with van der Waals surface area (Å²) in [5, 5.41) is 30.4. The van der Waals surface area contributed by atoms with Gasteiger partial charge >= 0.3 is 35.5 Å². The molecule has 1 aliphatic heterocycles. The van der Waals surface area contributed by atoms with E-state index in [4.69, 9.17) is 39.4 Å². The number of carbonyl (C=O) groups is 6. The number of rotatable bonds is 12. The number of nitrogens with zero attached hydrogens (tertiary/aromatic N) is 8. The molecule has 31 heteroatoms. The summed E-state index contributed by atoms with van der Waals surface area (Å²) in [4.78, 5) is 105. The number of carboxylic acids is 2. The Balaban J connectivity index is -0.000000438. The van der Waals surface area contributed by atoms with E-state index in [9.17, 15) is 24.0 Å². The molecule has 0 aromatic carbocycles. The summed E-state index contributed by atoms with van der Waals surface area (Å²) in [6.07, 6.45) is 3.32. The number of pyridine rings is 5. The van der Waals surface area contributed by atoms with Gasteiger partial charge in [0, 0.05) is 65.2 Å². The van der Waals surface area contributed by atoms with Crippen LogP contribution in [-0.4, -0.2) is 156 Å². The monoisotopic (exact) mass is 1560 g/mol. The van der Waals surface area contributed by atoms with Crippen molar-refractivity contribution in [3.8, 4) is 0 Å². The zero-order valence-electron chi connectivity index (χ0n) is 47.8. The van der Waals surface area contributed by atoms with Crippen LogP contribution in [0, 0.1) is 13.8 Å². The summed E-state index contributed by atoms with van der Waals surface area (Å²) < 4.78 is 7.99. The maximum Gasteiger partial charge on any atom is 1.00 e. The number of Topliss-reactive ketones (excluding diaryl/α,β-unsaturated/α-hetero) is 1. The number of carboxylic acid groups (broad SMARTS) is 2. The predicted molar refractivity (Wildman–Crippen MR) is 325 cm³/mol. The van der Waals surface area contributed by atoms with E-state index in [0.717, 1.165) is 58.4 Å². The van der Waals surface area contributed by atoms with Gasteiger partial charge in [0.1, 0.15) is 45.8 Å². The molecule has 5 aromatic rings. The minimum Gasteiger partial charge on any atom is -0.550 e. The van der Waals surface area contributed by atoms with Crippen molar-refractivity contribution in [3.63, 3.8) is 0 Å². The normalized spacial score (nSPS) is 10.3. The summed E-state index contributed by atoms with van der Waals surface area (Å²) in [5.41, 5.74) is 7.84. The summed E-state index contributed by atoms with van der Waals surface area (Å²) in [5.74, 6) is -2.99. The summed E-state index contributed by atoms with van der Waals surface area (Å²) in [7, 11) is 12.2. The molecule has 1 fully saturated rings.